The lowest BCUT2D eigenvalue weighted by molar-refractivity contribution is 0.240. The molecule has 1 aliphatic rings. The van der Waals surface area contributed by atoms with Crippen LogP contribution in [0.2, 0.25) is 0 Å². The van der Waals surface area contributed by atoms with Gasteiger partial charge in [0.1, 0.15) is 17.3 Å². The van der Waals surface area contributed by atoms with E-state index in [-0.39, 0.29) is 6.04 Å². The van der Waals surface area contributed by atoms with Gasteiger partial charge in [-0.25, -0.2) is 9.67 Å². The molecule has 0 aliphatic carbocycles. The third-order valence-corrected chi connectivity index (χ3v) is 4.63. The average molecular weight is 338 g/mol. The highest BCUT2D eigenvalue weighted by Gasteiger charge is 2.29. The molecule has 1 atom stereocenters. The Balaban J connectivity index is 1.53. The van der Waals surface area contributed by atoms with Gasteiger partial charge in [-0.15, -0.1) is 0 Å². The number of methoxy groups -OCH3 is 1. The van der Waals surface area contributed by atoms with E-state index in [0.717, 1.165) is 42.6 Å². The Morgan fingerprint density at radius 2 is 2.20 bits per heavy atom. The number of aryl methyl sites for hydroxylation is 1. The molecule has 25 heavy (non-hydrogen) atoms. The van der Waals surface area contributed by atoms with Crippen LogP contribution in [0.3, 0.4) is 0 Å². The highest BCUT2D eigenvalue weighted by Crippen LogP contribution is 2.31. The standard InChI is InChI=1S/C18H22N6O/c1-13-20-18(22-21-13)16-7-5-9-23(16)11-14-10-19-24(12-14)15-6-3-4-8-17(15)25-2/h3-4,6,8,10,12,16H,5,7,9,11H2,1-2H3,(H,20,21,22)/t16-/m1/s1. The maximum atomic E-state index is 5.43. The van der Waals surface area contributed by atoms with Crippen molar-refractivity contribution < 1.29 is 4.74 Å². The summed E-state index contributed by atoms with van der Waals surface area (Å²) in [5.41, 5.74) is 2.11. The number of aromatic nitrogens is 5. The summed E-state index contributed by atoms with van der Waals surface area (Å²) in [4.78, 5) is 6.94. The summed E-state index contributed by atoms with van der Waals surface area (Å²) in [6, 6.07) is 8.17. The molecule has 0 radical (unpaired) electrons. The fourth-order valence-corrected chi connectivity index (χ4v) is 3.44. The second kappa shape index (κ2) is 6.68. The molecule has 2 aromatic heterocycles. The number of likely N-dealkylation sites (tertiary alicyclic amines) is 1. The maximum absolute atomic E-state index is 5.43. The number of rotatable bonds is 5. The number of H-pyrrole nitrogens is 1. The highest BCUT2D eigenvalue weighted by atomic mass is 16.5. The SMILES string of the molecule is COc1ccccc1-n1cc(CN2CCC[C@@H]2c2n[nH]c(C)n2)cn1. The van der Waals surface area contributed by atoms with E-state index < -0.39 is 0 Å². The molecular formula is C18H22N6O. The topological polar surface area (TPSA) is 71.9 Å². The summed E-state index contributed by atoms with van der Waals surface area (Å²) in [7, 11) is 1.68. The molecule has 0 saturated carbocycles. The average Bonchev–Trinajstić information content (AvgIpc) is 3.36. The molecule has 3 aromatic rings. The summed E-state index contributed by atoms with van der Waals surface area (Å²) < 4.78 is 7.30. The van der Waals surface area contributed by atoms with Crippen molar-refractivity contribution in [2.45, 2.75) is 32.4 Å². The first-order valence-electron chi connectivity index (χ1n) is 8.54. The zero-order valence-corrected chi connectivity index (χ0v) is 14.5. The van der Waals surface area contributed by atoms with Crippen LogP contribution in [0.5, 0.6) is 5.75 Å². The van der Waals surface area contributed by atoms with E-state index in [1.165, 1.54) is 12.0 Å². The molecule has 1 saturated heterocycles. The van der Waals surface area contributed by atoms with Crippen LogP contribution >= 0.6 is 0 Å². The smallest absolute Gasteiger partial charge is 0.167 e. The zero-order chi connectivity index (χ0) is 17.2. The Hall–Kier alpha value is -2.67. The van der Waals surface area contributed by atoms with Crippen LogP contribution in [-0.4, -0.2) is 43.5 Å². The Morgan fingerprint density at radius 1 is 1.32 bits per heavy atom. The molecule has 0 unspecified atom stereocenters. The third-order valence-electron chi connectivity index (χ3n) is 4.63. The van der Waals surface area contributed by atoms with Gasteiger partial charge in [0, 0.05) is 18.3 Å². The summed E-state index contributed by atoms with van der Waals surface area (Å²) in [6.07, 6.45) is 6.25. The van der Waals surface area contributed by atoms with Crippen LogP contribution in [0.1, 0.15) is 36.1 Å². The fourth-order valence-electron chi connectivity index (χ4n) is 3.44. The Labute approximate surface area is 146 Å². The largest absolute Gasteiger partial charge is 0.494 e. The van der Waals surface area contributed by atoms with Gasteiger partial charge in [0.15, 0.2) is 5.82 Å². The number of aromatic amines is 1. The number of ether oxygens (including phenoxy) is 1. The first kappa shape index (κ1) is 15.8. The second-order valence-electron chi connectivity index (χ2n) is 6.37. The summed E-state index contributed by atoms with van der Waals surface area (Å²) >= 11 is 0. The third kappa shape index (κ3) is 3.15. The molecule has 1 fully saturated rings. The van der Waals surface area contributed by atoms with Crippen LogP contribution in [0.4, 0.5) is 0 Å². The Kier molecular flexibility index (Phi) is 4.23. The lowest BCUT2D eigenvalue weighted by Crippen LogP contribution is -2.23. The van der Waals surface area contributed by atoms with E-state index in [2.05, 4.69) is 31.4 Å². The Morgan fingerprint density at radius 3 is 3.00 bits per heavy atom. The van der Waals surface area contributed by atoms with Gasteiger partial charge in [0.05, 0.1) is 19.3 Å². The fraction of sp³-hybridized carbons (Fsp3) is 0.389. The molecule has 1 N–H and O–H groups in total. The predicted molar refractivity (Wildman–Crippen MR) is 93.6 cm³/mol. The van der Waals surface area contributed by atoms with E-state index in [1.807, 2.05) is 42.1 Å². The van der Waals surface area contributed by atoms with Gasteiger partial charge in [0.25, 0.3) is 0 Å². The van der Waals surface area contributed by atoms with Crippen LogP contribution < -0.4 is 4.74 Å². The van der Waals surface area contributed by atoms with Crippen molar-refractivity contribution in [1.29, 1.82) is 0 Å². The second-order valence-corrected chi connectivity index (χ2v) is 6.37. The number of benzene rings is 1. The van der Waals surface area contributed by atoms with Gasteiger partial charge in [0.2, 0.25) is 0 Å². The number of para-hydroxylation sites is 2. The molecule has 130 valence electrons. The highest BCUT2D eigenvalue weighted by molar-refractivity contribution is 5.46. The number of nitrogens with one attached hydrogen (secondary N) is 1. The van der Waals surface area contributed by atoms with Crippen molar-refractivity contribution in [2.75, 3.05) is 13.7 Å². The lowest BCUT2D eigenvalue weighted by Gasteiger charge is -2.21. The van der Waals surface area contributed by atoms with Crippen molar-refractivity contribution in [3.05, 3.63) is 53.9 Å². The van der Waals surface area contributed by atoms with Crippen molar-refractivity contribution >= 4 is 0 Å². The van der Waals surface area contributed by atoms with E-state index >= 15 is 0 Å². The van der Waals surface area contributed by atoms with Gasteiger partial charge in [-0.3, -0.25) is 10.00 Å². The predicted octanol–water partition coefficient (Wildman–Crippen LogP) is 2.64. The summed E-state index contributed by atoms with van der Waals surface area (Å²) in [5, 5.41) is 11.8. The molecular weight excluding hydrogens is 316 g/mol. The van der Waals surface area contributed by atoms with Gasteiger partial charge >= 0.3 is 0 Å². The first-order chi connectivity index (χ1) is 12.2. The number of hydrogen-bond donors (Lipinski definition) is 1. The van der Waals surface area contributed by atoms with Crippen molar-refractivity contribution in [2.24, 2.45) is 0 Å². The molecule has 1 aliphatic heterocycles. The van der Waals surface area contributed by atoms with E-state index in [4.69, 9.17) is 4.74 Å². The van der Waals surface area contributed by atoms with Crippen molar-refractivity contribution in [3.63, 3.8) is 0 Å². The molecule has 0 amide bonds. The molecule has 1 aromatic carbocycles. The van der Waals surface area contributed by atoms with Crippen LogP contribution in [0.25, 0.3) is 5.69 Å². The van der Waals surface area contributed by atoms with Crippen LogP contribution in [-0.2, 0) is 6.54 Å². The molecule has 0 bridgehead atoms. The number of nitrogens with zero attached hydrogens (tertiary/aromatic N) is 5. The van der Waals surface area contributed by atoms with E-state index in [0.29, 0.717) is 0 Å². The number of hydrogen-bond acceptors (Lipinski definition) is 5. The Bertz CT molecular complexity index is 855. The maximum Gasteiger partial charge on any atom is 0.167 e. The summed E-state index contributed by atoms with van der Waals surface area (Å²) in [6.45, 7) is 3.83. The normalized spacial score (nSPS) is 17.9. The molecule has 4 rings (SSSR count). The van der Waals surface area contributed by atoms with Gasteiger partial charge in [-0.2, -0.15) is 10.2 Å². The molecule has 7 heteroatoms. The minimum absolute atomic E-state index is 0.277. The van der Waals surface area contributed by atoms with Gasteiger partial charge in [-0.1, -0.05) is 12.1 Å². The van der Waals surface area contributed by atoms with Crippen LogP contribution in [0, 0.1) is 6.92 Å². The molecule has 7 nitrogen and oxygen atoms in total. The van der Waals surface area contributed by atoms with Crippen molar-refractivity contribution in [1.82, 2.24) is 29.9 Å². The van der Waals surface area contributed by atoms with Gasteiger partial charge in [-0.05, 0) is 38.4 Å². The van der Waals surface area contributed by atoms with E-state index in [1.54, 1.807) is 7.11 Å². The lowest BCUT2D eigenvalue weighted by atomic mass is 10.2. The monoisotopic (exact) mass is 338 g/mol. The summed E-state index contributed by atoms with van der Waals surface area (Å²) in [5.74, 6) is 2.57. The van der Waals surface area contributed by atoms with Crippen LogP contribution in [0.15, 0.2) is 36.7 Å². The zero-order valence-electron chi connectivity index (χ0n) is 14.5. The van der Waals surface area contributed by atoms with Gasteiger partial charge < -0.3 is 4.74 Å². The van der Waals surface area contributed by atoms with Crippen molar-refractivity contribution in [3.8, 4) is 11.4 Å². The first-order valence-corrected chi connectivity index (χ1v) is 8.54. The molecule has 0 spiro atoms. The quantitative estimate of drug-likeness (QED) is 0.774. The minimum Gasteiger partial charge on any atom is -0.494 e. The minimum atomic E-state index is 0.277. The molecule has 3 heterocycles. The van der Waals surface area contributed by atoms with E-state index in [9.17, 15) is 0 Å².